The fourth-order valence-corrected chi connectivity index (χ4v) is 9.39. The molecule has 3 N–H and O–H groups in total. The SMILES string of the molecule is O=C(N[C@H]1CCCNC1)N1C2CCC1CN(c1nc(OCC34CCCN3CCC4)nc3cc(-c4cc(O)cc5ccccc45)ccc13)C2. The lowest BCUT2D eigenvalue weighted by Crippen LogP contribution is -2.60. The summed E-state index contributed by atoms with van der Waals surface area (Å²) in [6.07, 6.45) is 8.87. The molecular formula is C38H45N7O3. The lowest BCUT2D eigenvalue weighted by Gasteiger charge is -2.42. The molecule has 6 heterocycles. The van der Waals surface area contributed by atoms with E-state index in [0.717, 1.165) is 116 Å². The summed E-state index contributed by atoms with van der Waals surface area (Å²) < 4.78 is 6.57. The molecule has 9 rings (SSSR count). The van der Waals surface area contributed by atoms with Crippen molar-refractivity contribution in [2.24, 2.45) is 0 Å². The van der Waals surface area contributed by atoms with Crippen molar-refractivity contribution >= 4 is 33.5 Å². The number of hydrogen-bond donors (Lipinski definition) is 3. The number of piperazine rings is 1. The van der Waals surface area contributed by atoms with Gasteiger partial charge >= 0.3 is 12.0 Å². The van der Waals surface area contributed by atoms with E-state index in [2.05, 4.69) is 49.6 Å². The van der Waals surface area contributed by atoms with E-state index in [0.29, 0.717) is 12.6 Å². The number of benzene rings is 3. The Bertz CT molecular complexity index is 1840. The van der Waals surface area contributed by atoms with Gasteiger partial charge in [0.05, 0.1) is 23.1 Å². The van der Waals surface area contributed by atoms with E-state index in [1.54, 1.807) is 6.07 Å². The monoisotopic (exact) mass is 647 g/mol. The number of phenolic OH excluding ortho intramolecular Hbond substituents is 1. The highest BCUT2D eigenvalue weighted by molar-refractivity contribution is 6.01. The first kappa shape index (κ1) is 29.9. The van der Waals surface area contributed by atoms with Crippen LogP contribution in [0.5, 0.6) is 11.8 Å². The van der Waals surface area contributed by atoms with Crippen molar-refractivity contribution in [2.45, 2.75) is 75.0 Å². The van der Waals surface area contributed by atoms with Gasteiger partial charge < -0.3 is 30.3 Å². The Kier molecular flexibility index (Phi) is 7.53. The number of urea groups is 1. The largest absolute Gasteiger partial charge is 0.508 e. The number of ether oxygens (including phenoxy) is 1. The molecule has 3 atom stereocenters. The van der Waals surface area contributed by atoms with E-state index in [-0.39, 0.29) is 35.4 Å². The summed E-state index contributed by atoms with van der Waals surface area (Å²) in [7, 11) is 0. The van der Waals surface area contributed by atoms with Crippen LogP contribution < -0.4 is 20.3 Å². The van der Waals surface area contributed by atoms with Crippen LogP contribution in [-0.2, 0) is 0 Å². The van der Waals surface area contributed by atoms with E-state index in [1.165, 1.54) is 12.8 Å². The summed E-state index contributed by atoms with van der Waals surface area (Å²) in [5.41, 5.74) is 2.87. The molecule has 5 aliphatic rings. The smallest absolute Gasteiger partial charge is 0.319 e. The molecule has 3 aromatic carbocycles. The van der Waals surface area contributed by atoms with E-state index in [4.69, 9.17) is 14.7 Å². The number of piperidine rings is 1. The summed E-state index contributed by atoms with van der Waals surface area (Å²) in [5.74, 6) is 1.12. The molecule has 0 radical (unpaired) electrons. The predicted octanol–water partition coefficient (Wildman–Crippen LogP) is 5.28. The molecule has 10 heteroatoms. The number of amides is 2. The van der Waals surface area contributed by atoms with Gasteiger partial charge in [-0.15, -0.1) is 0 Å². The maximum atomic E-state index is 13.5. The Morgan fingerprint density at radius 2 is 1.77 bits per heavy atom. The third-order valence-corrected chi connectivity index (χ3v) is 11.7. The number of fused-ring (bicyclic) bond motifs is 5. The maximum Gasteiger partial charge on any atom is 0.319 e. The van der Waals surface area contributed by atoms with Crippen molar-refractivity contribution < 1.29 is 14.6 Å². The van der Waals surface area contributed by atoms with E-state index in [1.807, 2.05) is 24.3 Å². The first-order valence-corrected chi connectivity index (χ1v) is 18.0. The van der Waals surface area contributed by atoms with E-state index >= 15 is 0 Å². The van der Waals surface area contributed by atoms with Crippen molar-refractivity contribution in [3.63, 3.8) is 0 Å². The Balaban J connectivity index is 1.06. The zero-order valence-electron chi connectivity index (χ0n) is 27.5. The first-order valence-electron chi connectivity index (χ1n) is 18.0. The van der Waals surface area contributed by atoms with Gasteiger partial charge in [0.2, 0.25) is 0 Å². The highest BCUT2D eigenvalue weighted by atomic mass is 16.5. The molecule has 250 valence electrons. The molecule has 5 fully saturated rings. The highest BCUT2D eigenvalue weighted by Gasteiger charge is 2.46. The number of carbonyl (C=O) groups excluding carboxylic acids is 1. The third kappa shape index (κ3) is 5.29. The zero-order valence-corrected chi connectivity index (χ0v) is 27.5. The number of rotatable bonds is 6. The second kappa shape index (κ2) is 12.1. The minimum absolute atomic E-state index is 0.0762. The fraction of sp³-hybridized carbons (Fsp3) is 0.500. The molecule has 5 saturated heterocycles. The van der Waals surface area contributed by atoms with Gasteiger partial charge in [-0.3, -0.25) is 4.90 Å². The number of nitrogens with one attached hydrogen (secondary N) is 2. The molecule has 1 aromatic heterocycles. The average Bonchev–Trinajstić information content (AvgIpc) is 3.77. The maximum absolute atomic E-state index is 13.5. The summed E-state index contributed by atoms with van der Waals surface area (Å²) >= 11 is 0. The van der Waals surface area contributed by atoms with Crippen LogP contribution in [0.25, 0.3) is 32.8 Å². The van der Waals surface area contributed by atoms with E-state index in [9.17, 15) is 9.90 Å². The van der Waals surface area contributed by atoms with Gasteiger partial charge in [0.1, 0.15) is 18.2 Å². The van der Waals surface area contributed by atoms with Crippen LogP contribution in [0.4, 0.5) is 10.6 Å². The Labute approximate surface area is 281 Å². The van der Waals surface area contributed by atoms with Crippen LogP contribution in [0.1, 0.15) is 51.4 Å². The molecule has 2 bridgehead atoms. The van der Waals surface area contributed by atoms with Crippen LogP contribution in [-0.4, -0.2) is 100 Å². The van der Waals surface area contributed by atoms with Crippen LogP contribution in [0.2, 0.25) is 0 Å². The molecule has 0 spiro atoms. The number of nitrogens with zero attached hydrogens (tertiary/aromatic N) is 5. The molecule has 5 aliphatic heterocycles. The van der Waals surface area contributed by atoms with Gasteiger partial charge in [0.15, 0.2) is 0 Å². The third-order valence-electron chi connectivity index (χ3n) is 11.7. The second-order valence-electron chi connectivity index (χ2n) is 14.7. The zero-order chi connectivity index (χ0) is 32.2. The minimum atomic E-state index is 0.0762. The van der Waals surface area contributed by atoms with Gasteiger partial charge in [0, 0.05) is 31.1 Å². The molecule has 2 unspecified atom stereocenters. The van der Waals surface area contributed by atoms with Crippen molar-refractivity contribution in [3.05, 3.63) is 54.6 Å². The normalized spacial score (nSPS) is 25.1. The lowest BCUT2D eigenvalue weighted by atomic mass is 9.95. The summed E-state index contributed by atoms with van der Waals surface area (Å²) in [6, 6.07) is 19.1. The van der Waals surface area contributed by atoms with Crippen molar-refractivity contribution in [1.29, 1.82) is 0 Å². The average molecular weight is 648 g/mol. The summed E-state index contributed by atoms with van der Waals surface area (Å²) in [4.78, 5) is 30.8. The molecular weight excluding hydrogens is 602 g/mol. The molecule has 48 heavy (non-hydrogen) atoms. The van der Waals surface area contributed by atoms with Crippen LogP contribution in [0, 0.1) is 0 Å². The standard InChI is InChI=1S/C38H45N7O3/c46-30-18-25-6-1-2-8-31(25)33(20-30)26-9-12-32-34(19-26)41-36(48-24-38-13-4-16-44(38)17-5-14-38)42-35(32)43-22-28-10-11-29(23-43)45(28)37(47)40-27-7-3-15-39-21-27/h1-2,6,8-9,12,18-20,27-29,39,46H,3-5,7,10-11,13-17,21-24H2,(H,40,47)/t27-,28?,29?/m0/s1. The Morgan fingerprint density at radius 3 is 2.56 bits per heavy atom. The summed E-state index contributed by atoms with van der Waals surface area (Å²) in [6.45, 7) is 6.23. The topological polar surface area (TPSA) is 106 Å². The Morgan fingerprint density at radius 1 is 0.958 bits per heavy atom. The van der Waals surface area contributed by atoms with Gasteiger partial charge in [-0.2, -0.15) is 9.97 Å². The van der Waals surface area contributed by atoms with Gasteiger partial charge in [-0.05, 0) is 117 Å². The predicted molar refractivity (Wildman–Crippen MR) is 188 cm³/mol. The first-order chi connectivity index (χ1) is 23.5. The molecule has 10 nitrogen and oxygen atoms in total. The quantitative estimate of drug-likeness (QED) is 0.260. The Hall–Kier alpha value is -4.15. The van der Waals surface area contributed by atoms with Crippen molar-refractivity contribution in [1.82, 2.24) is 30.4 Å². The van der Waals surface area contributed by atoms with Gasteiger partial charge in [-0.1, -0.05) is 30.3 Å². The number of phenols is 1. The number of carbonyl (C=O) groups is 1. The molecule has 0 saturated carbocycles. The summed E-state index contributed by atoms with van der Waals surface area (Å²) in [5, 5.41) is 20.4. The number of aromatic nitrogens is 2. The second-order valence-corrected chi connectivity index (χ2v) is 14.7. The number of hydrogen-bond acceptors (Lipinski definition) is 8. The van der Waals surface area contributed by atoms with E-state index < -0.39 is 0 Å². The van der Waals surface area contributed by atoms with Crippen LogP contribution in [0.15, 0.2) is 54.6 Å². The molecule has 2 amide bonds. The van der Waals surface area contributed by atoms with Crippen LogP contribution in [0.3, 0.4) is 0 Å². The fourth-order valence-electron chi connectivity index (χ4n) is 9.39. The van der Waals surface area contributed by atoms with Crippen molar-refractivity contribution in [2.75, 3.05) is 50.8 Å². The lowest BCUT2D eigenvalue weighted by molar-refractivity contribution is 0.108. The van der Waals surface area contributed by atoms with Crippen molar-refractivity contribution in [3.8, 4) is 22.9 Å². The molecule has 0 aliphatic carbocycles. The minimum Gasteiger partial charge on any atom is -0.508 e. The molecule has 4 aromatic rings. The van der Waals surface area contributed by atoms with Crippen LogP contribution >= 0.6 is 0 Å². The number of aromatic hydroxyl groups is 1. The number of anilines is 1. The van der Waals surface area contributed by atoms with Gasteiger partial charge in [0.25, 0.3) is 0 Å². The van der Waals surface area contributed by atoms with Gasteiger partial charge in [-0.25, -0.2) is 4.79 Å². The highest BCUT2D eigenvalue weighted by Crippen LogP contribution is 2.41.